The van der Waals surface area contributed by atoms with Gasteiger partial charge < -0.3 is 21.9 Å². The van der Waals surface area contributed by atoms with E-state index in [2.05, 4.69) is 10.3 Å². The molecule has 0 heterocycles. The Kier molecular flexibility index (Phi) is 8.34. The molecule has 0 aliphatic rings. The van der Waals surface area contributed by atoms with Crippen LogP contribution < -0.4 is 22.2 Å². The van der Waals surface area contributed by atoms with E-state index in [1.165, 1.54) is 0 Å². The molecule has 142 valence electrons. The molecule has 11 nitrogen and oxygen atoms in total. The molecule has 0 unspecified atom stereocenters. The number of hydrogen-bond acceptors (Lipinski definition) is 5. The minimum atomic E-state index is -1.23. The maximum Gasteiger partial charge on any atom is 0.326 e. The highest BCUT2D eigenvalue weighted by molar-refractivity contribution is 5.87. The number of rotatable bonds is 11. The highest BCUT2D eigenvalue weighted by Crippen LogP contribution is 2.05. The summed E-state index contributed by atoms with van der Waals surface area (Å²) in [5.41, 5.74) is 13.0. The first-order chi connectivity index (χ1) is 12.3. The van der Waals surface area contributed by atoms with Crippen LogP contribution in [-0.2, 0) is 16.0 Å². The number of nitrogens with zero attached hydrogens (tertiary/aromatic N) is 2. The molecule has 0 aromatic heterocycles. The van der Waals surface area contributed by atoms with Crippen LogP contribution in [0, 0.1) is 10.1 Å². The summed E-state index contributed by atoms with van der Waals surface area (Å²) >= 11 is 0. The topological polar surface area (TPSA) is 186 Å². The van der Waals surface area contributed by atoms with E-state index in [1.54, 1.807) is 30.3 Å². The lowest BCUT2D eigenvalue weighted by Crippen LogP contribution is -2.52. The van der Waals surface area contributed by atoms with Crippen molar-refractivity contribution in [1.29, 1.82) is 0 Å². The van der Waals surface area contributed by atoms with E-state index in [0.29, 0.717) is 12.0 Å². The van der Waals surface area contributed by atoms with Crippen molar-refractivity contribution in [1.82, 2.24) is 10.7 Å². The highest BCUT2D eigenvalue weighted by atomic mass is 16.7. The normalized spacial score (nSPS) is 12.5. The van der Waals surface area contributed by atoms with Crippen molar-refractivity contribution in [3.8, 4) is 0 Å². The number of nitrogens with one attached hydrogen (secondary N) is 2. The van der Waals surface area contributed by atoms with E-state index in [1.807, 2.05) is 5.43 Å². The van der Waals surface area contributed by atoms with E-state index < -0.39 is 29.0 Å². The van der Waals surface area contributed by atoms with E-state index in [9.17, 15) is 24.8 Å². The first kappa shape index (κ1) is 20.7. The molecule has 7 N–H and O–H groups in total. The van der Waals surface area contributed by atoms with Crippen molar-refractivity contribution in [2.24, 2.45) is 16.5 Å². The monoisotopic (exact) mass is 366 g/mol. The molecule has 2 atom stereocenters. The number of carbonyl (C=O) groups is 2. The lowest BCUT2D eigenvalue weighted by molar-refractivity contribution is -0.548. The molecule has 1 amide bonds. The average Bonchev–Trinajstić information content (AvgIpc) is 2.57. The highest BCUT2D eigenvalue weighted by Gasteiger charge is 2.27. The minimum Gasteiger partial charge on any atom is -0.480 e. The Labute approximate surface area is 149 Å². The van der Waals surface area contributed by atoms with Gasteiger partial charge in [0.1, 0.15) is 6.04 Å². The summed E-state index contributed by atoms with van der Waals surface area (Å²) in [7, 11) is 0. The molecule has 0 aliphatic carbocycles. The zero-order valence-corrected chi connectivity index (χ0v) is 14.0. The molecule has 1 rings (SSSR count). The van der Waals surface area contributed by atoms with Gasteiger partial charge in [-0.3, -0.25) is 9.79 Å². The smallest absolute Gasteiger partial charge is 0.326 e. The Hall–Kier alpha value is -3.37. The first-order valence-corrected chi connectivity index (χ1v) is 7.82. The second-order valence-corrected chi connectivity index (χ2v) is 5.48. The van der Waals surface area contributed by atoms with Crippen LogP contribution in [0.15, 0.2) is 35.3 Å². The number of carboxylic acid groups (broad SMARTS) is 1. The van der Waals surface area contributed by atoms with E-state index >= 15 is 0 Å². The average molecular weight is 366 g/mol. The number of aliphatic carboxylic acids is 1. The lowest BCUT2D eigenvalue weighted by Gasteiger charge is -2.18. The molecule has 0 saturated carbocycles. The van der Waals surface area contributed by atoms with Crippen LogP contribution in [0.4, 0.5) is 0 Å². The predicted molar refractivity (Wildman–Crippen MR) is 93.5 cm³/mol. The molecule has 0 bridgehead atoms. The molecule has 26 heavy (non-hydrogen) atoms. The Morgan fingerprint density at radius 1 is 1.23 bits per heavy atom. The number of amides is 1. The van der Waals surface area contributed by atoms with Gasteiger partial charge in [0.15, 0.2) is 17.0 Å². The second-order valence-electron chi connectivity index (χ2n) is 5.48. The van der Waals surface area contributed by atoms with Gasteiger partial charge in [0, 0.05) is 13.0 Å². The zero-order valence-electron chi connectivity index (χ0n) is 14.0. The number of hydrazine groups is 1. The van der Waals surface area contributed by atoms with Crippen LogP contribution in [0.25, 0.3) is 0 Å². The Morgan fingerprint density at radius 2 is 1.88 bits per heavy atom. The fourth-order valence-electron chi connectivity index (χ4n) is 2.21. The van der Waals surface area contributed by atoms with Crippen LogP contribution in [-0.4, -0.2) is 46.6 Å². The molecule has 0 aliphatic heterocycles. The van der Waals surface area contributed by atoms with Crippen LogP contribution >= 0.6 is 0 Å². The number of nitro groups is 1. The maximum atomic E-state index is 12.3. The molecule has 0 saturated heterocycles. The second kappa shape index (κ2) is 10.5. The summed E-state index contributed by atoms with van der Waals surface area (Å²) in [6.45, 7) is 0.192. The summed E-state index contributed by atoms with van der Waals surface area (Å²) in [5.74, 6) is -2.14. The summed E-state index contributed by atoms with van der Waals surface area (Å²) in [6, 6.07) is 6.31. The fraction of sp³-hybridized carbons (Fsp3) is 0.400. The summed E-state index contributed by atoms with van der Waals surface area (Å²) in [4.78, 5) is 38.1. The molecular formula is C15H22N6O5. The van der Waals surface area contributed by atoms with Gasteiger partial charge in [-0.15, -0.1) is 5.43 Å². The predicted octanol–water partition coefficient (Wildman–Crippen LogP) is -0.998. The quantitative estimate of drug-likeness (QED) is 0.108. The minimum absolute atomic E-state index is 0.0566. The van der Waals surface area contributed by atoms with Crippen molar-refractivity contribution in [2.45, 2.75) is 31.3 Å². The summed E-state index contributed by atoms with van der Waals surface area (Å²) in [6.07, 6.45) is 0.412. The van der Waals surface area contributed by atoms with Gasteiger partial charge in [-0.2, -0.15) is 0 Å². The van der Waals surface area contributed by atoms with Gasteiger partial charge in [0.05, 0.1) is 0 Å². The van der Waals surface area contributed by atoms with Crippen molar-refractivity contribution in [3.63, 3.8) is 0 Å². The lowest BCUT2D eigenvalue weighted by atomic mass is 10.0. The number of aliphatic imine (C=N–C) groups is 1. The molecule has 0 radical (unpaired) electrons. The van der Waals surface area contributed by atoms with Crippen LogP contribution in [0.3, 0.4) is 0 Å². The third kappa shape index (κ3) is 7.95. The molecule has 0 spiro atoms. The van der Waals surface area contributed by atoms with Gasteiger partial charge in [-0.25, -0.2) is 14.9 Å². The molecule has 1 aromatic carbocycles. The van der Waals surface area contributed by atoms with Crippen LogP contribution in [0.1, 0.15) is 18.4 Å². The van der Waals surface area contributed by atoms with E-state index in [0.717, 1.165) is 0 Å². The van der Waals surface area contributed by atoms with Crippen molar-refractivity contribution in [2.75, 3.05) is 6.54 Å². The van der Waals surface area contributed by atoms with Gasteiger partial charge >= 0.3 is 5.97 Å². The van der Waals surface area contributed by atoms with Gasteiger partial charge in [0.2, 0.25) is 5.91 Å². The summed E-state index contributed by atoms with van der Waals surface area (Å²) < 4.78 is 0. The van der Waals surface area contributed by atoms with Crippen LogP contribution in [0.5, 0.6) is 0 Å². The SMILES string of the molecule is NC(N)=NCCC[C@H](N[N+](=O)[O-])C(=O)N[C@@H](Cc1ccccc1)C(=O)O. The third-order valence-corrected chi connectivity index (χ3v) is 3.42. The fourth-order valence-corrected chi connectivity index (χ4v) is 2.21. The number of carbonyl (C=O) groups excluding carboxylic acids is 1. The molecule has 11 heteroatoms. The largest absolute Gasteiger partial charge is 0.480 e. The van der Waals surface area contributed by atoms with E-state index in [-0.39, 0.29) is 25.3 Å². The maximum absolute atomic E-state index is 12.3. The first-order valence-electron chi connectivity index (χ1n) is 7.82. The van der Waals surface area contributed by atoms with Gasteiger partial charge in [-0.05, 0) is 18.4 Å². The van der Waals surface area contributed by atoms with Crippen molar-refractivity contribution in [3.05, 3.63) is 46.0 Å². The number of nitrogens with two attached hydrogens (primary N) is 2. The molecular weight excluding hydrogens is 344 g/mol. The summed E-state index contributed by atoms with van der Waals surface area (Å²) in [5, 5.41) is 21.5. The van der Waals surface area contributed by atoms with Crippen molar-refractivity contribution < 1.29 is 19.7 Å². The zero-order chi connectivity index (χ0) is 19.5. The molecule has 0 fully saturated rings. The number of benzene rings is 1. The Balaban J connectivity index is 2.72. The van der Waals surface area contributed by atoms with E-state index in [4.69, 9.17) is 11.5 Å². The van der Waals surface area contributed by atoms with Crippen LogP contribution in [0.2, 0.25) is 0 Å². The standard InChI is InChI=1S/C15H22N6O5/c16-15(17)18-8-4-7-11(20-21(25)26)13(22)19-12(14(23)24)9-10-5-2-1-3-6-10/h1-3,5-6,11-12,20H,4,7-9H2,(H,19,22)(H,23,24)(H4,16,17,18)/t11-,12-/m0/s1. The number of carboxylic acids is 1. The molecule has 1 aromatic rings. The number of hydrogen-bond donors (Lipinski definition) is 5. The van der Waals surface area contributed by atoms with Gasteiger partial charge in [-0.1, -0.05) is 30.3 Å². The number of guanidine groups is 1. The Morgan fingerprint density at radius 3 is 2.42 bits per heavy atom. The van der Waals surface area contributed by atoms with Crippen molar-refractivity contribution >= 4 is 17.8 Å². The van der Waals surface area contributed by atoms with Gasteiger partial charge in [0.25, 0.3) is 0 Å². The third-order valence-electron chi connectivity index (χ3n) is 3.42. The Bertz CT molecular complexity index is 647.